The molecule has 0 bridgehead atoms. The number of aromatic nitrogens is 2. The van der Waals surface area contributed by atoms with Gasteiger partial charge in [-0.15, -0.1) is 0 Å². The number of hydrogen-bond donors (Lipinski definition) is 4. The van der Waals surface area contributed by atoms with Gasteiger partial charge in [0.25, 0.3) is 5.56 Å². The van der Waals surface area contributed by atoms with Gasteiger partial charge in [0.1, 0.15) is 18.4 Å². The summed E-state index contributed by atoms with van der Waals surface area (Å²) in [6.07, 6.45) is -1.76. The Labute approximate surface area is 131 Å². The molecule has 10 nitrogen and oxygen atoms in total. The summed E-state index contributed by atoms with van der Waals surface area (Å²) in [7, 11) is -4.75. The van der Waals surface area contributed by atoms with Gasteiger partial charge in [-0.05, 0) is 22.6 Å². The van der Waals surface area contributed by atoms with E-state index in [-0.39, 0.29) is 9.99 Å². The van der Waals surface area contributed by atoms with Crippen LogP contribution in [0.4, 0.5) is 0 Å². The molecule has 0 radical (unpaired) electrons. The first-order chi connectivity index (χ1) is 9.71. The van der Waals surface area contributed by atoms with Crippen molar-refractivity contribution < 1.29 is 28.7 Å². The molecule has 2 heterocycles. The van der Waals surface area contributed by atoms with Crippen molar-refractivity contribution in [2.45, 2.75) is 24.9 Å². The number of nitrogens with one attached hydrogen (secondary N) is 1. The maximum atomic E-state index is 11.7. The van der Waals surface area contributed by atoms with E-state index in [2.05, 4.69) is 9.51 Å². The smallest absolute Gasteiger partial charge is 0.394 e. The summed E-state index contributed by atoms with van der Waals surface area (Å²) in [6.45, 7) is -0.531. The molecule has 12 heteroatoms. The molecule has 1 fully saturated rings. The lowest BCUT2D eigenvalue weighted by molar-refractivity contribution is -0.0453. The van der Waals surface area contributed by atoms with E-state index < -0.39 is 44.1 Å². The average molecular weight is 434 g/mol. The van der Waals surface area contributed by atoms with E-state index in [9.17, 15) is 14.2 Å². The van der Waals surface area contributed by atoms with Gasteiger partial charge in [0.2, 0.25) is 0 Å². The van der Waals surface area contributed by atoms with Crippen LogP contribution in [0, 0.1) is 3.57 Å². The van der Waals surface area contributed by atoms with Crippen molar-refractivity contribution in [3.05, 3.63) is 30.6 Å². The highest BCUT2D eigenvalue weighted by atomic mass is 127. The standard InChI is InChI=1S/C9H12IN2O8P/c10-4-2-12(9(15)11-8(4)14)7-1-5(6(3-13)19-7)20-21(16,17)18/h2,5-7,13H,1,3H2,(H,11,14,15)(H2,16,17,18)/t5-,6+,7+/m0/s1. The van der Waals surface area contributed by atoms with Crippen LogP contribution in [0.1, 0.15) is 12.6 Å². The number of H-pyrrole nitrogens is 1. The molecule has 118 valence electrons. The third-order valence-electron chi connectivity index (χ3n) is 2.87. The van der Waals surface area contributed by atoms with Gasteiger partial charge >= 0.3 is 13.5 Å². The third-order valence-corrected chi connectivity index (χ3v) is 4.18. The van der Waals surface area contributed by atoms with Gasteiger partial charge in [-0.3, -0.25) is 18.9 Å². The Morgan fingerprint density at radius 1 is 1.52 bits per heavy atom. The van der Waals surface area contributed by atoms with Crippen LogP contribution in [0.3, 0.4) is 0 Å². The number of ether oxygens (including phenoxy) is 1. The first-order valence-electron chi connectivity index (χ1n) is 5.72. The zero-order valence-corrected chi connectivity index (χ0v) is 13.4. The van der Waals surface area contributed by atoms with Gasteiger partial charge in [-0.2, -0.15) is 0 Å². The molecular weight excluding hydrogens is 422 g/mol. The van der Waals surface area contributed by atoms with Crippen LogP contribution in [0.15, 0.2) is 15.8 Å². The number of aliphatic hydroxyl groups excluding tert-OH is 1. The number of aliphatic hydroxyl groups is 1. The molecule has 1 aromatic heterocycles. The highest BCUT2D eigenvalue weighted by molar-refractivity contribution is 14.1. The number of nitrogens with zero attached hydrogens (tertiary/aromatic N) is 1. The molecule has 0 aliphatic carbocycles. The Hall–Kier alpha value is -0.560. The molecule has 21 heavy (non-hydrogen) atoms. The van der Waals surface area contributed by atoms with Crippen molar-refractivity contribution in [1.29, 1.82) is 0 Å². The lowest BCUT2D eigenvalue weighted by atomic mass is 10.2. The van der Waals surface area contributed by atoms with Crippen molar-refractivity contribution in [3.8, 4) is 0 Å². The minimum Gasteiger partial charge on any atom is -0.394 e. The first kappa shape index (κ1) is 16.8. The molecule has 1 saturated heterocycles. The molecule has 0 saturated carbocycles. The monoisotopic (exact) mass is 434 g/mol. The third kappa shape index (κ3) is 4.00. The van der Waals surface area contributed by atoms with Gasteiger partial charge in [-0.1, -0.05) is 0 Å². The van der Waals surface area contributed by atoms with Crippen LogP contribution in [0.2, 0.25) is 0 Å². The predicted molar refractivity (Wildman–Crippen MR) is 76.6 cm³/mol. The van der Waals surface area contributed by atoms with Crippen molar-refractivity contribution in [1.82, 2.24) is 9.55 Å². The number of aromatic amines is 1. The Morgan fingerprint density at radius 2 is 2.19 bits per heavy atom. The molecule has 0 aromatic carbocycles. The van der Waals surface area contributed by atoms with Crippen molar-refractivity contribution in [2.24, 2.45) is 0 Å². The second kappa shape index (κ2) is 6.28. The minimum atomic E-state index is -4.75. The summed E-state index contributed by atoms with van der Waals surface area (Å²) < 4.78 is 22.1. The van der Waals surface area contributed by atoms with E-state index in [1.165, 1.54) is 6.20 Å². The number of phosphoric acid groups is 1. The van der Waals surface area contributed by atoms with E-state index in [0.29, 0.717) is 0 Å². The number of halogens is 1. The Balaban J connectivity index is 2.27. The minimum absolute atomic E-state index is 0.0572. The van der Waals surface area contributed by atoms with Crippen LogP contribution in [-0.4, -0.2) is 43.3 Å². The molecule has 1 aromatic rings. The Bertz CT molecular complexity index is 681. The zero-order valence-electron chi connectivity index (χ0n) is 10.4. The van der Waals surface area contributed by atoms with Gasteiger partial charge in [-0.25, -0.2) is 9.36 Å². The summed E-state index contributed by atoms with van der Waals surface area (Å²) in [4.78, 5) is 42.8. The highest BCUT2D eigenvalue weighted by Crippen LogP contribution is 2.43. The molecular formula is C9H12IN2O8P. The lowest BCUT2D eigenvalue weighted by Crippen LogP contribution is -2.33. The van der Waals surface area contributed by atoms with Gasteiger partial charge in [0, 0.05) is 12.6 Å². The van der Waals surface area contributed by atoms with Crippen LogP contribution >= 0.6 is 30.4 Å². The fourth-order valence-corrected chi connectivity index (χ4v) is 3.01. The molecule has 2 rings (SSSR count). The SMILES string of the molecule is O=c1[nH]c(=O)n([C@H]2C[C@H](OP(=O)(O)O)[C@@H](CO)O2)cc1I. The van der Waals surface area contributed by atoms with Crippen LogP contribution in [0.5, 0.6) is 0 Å². The normalized spacial score (nSPS) is 26.2. The summed E-state index contributed by atoms with van der Waals surface area (Å²) in [5.74, 6) is 0. The number of rotatable bonds is 4. The quantitative estimate of drug-likeness (QED) is 0.345. The molecule has 1 aliphatic rings. The maximum Gasteiger partial charge on any atom is 0.469 e. The summed E-state index contributed by atoms with van der Waals surface area (Å²) in [5, 5.41) is 9.16. The first-order valence-corrected chi connectivity index (χ1v) is 8.33. The van der Waals surface area contributed by atoms with E-state index in [1.807, 2.05) is 0 Å². The number of hydrogen-bond acceptors (Lipinski definition) is 6. The number of phosphoric ester groups is 1. The van der Waals surface area contributed by atoms with Crippen LogP contribution < -0.4 is 11.2 Å². The Kier molecular flexibility index (Phi) is 5.03. The second-order valence-corrected chi connectivity index (χ2v) is 6.68. The van der Waals surface area contributed by atoms with E-state index >= 15 is 0 Å². The maximum absolute atomic E-state index is 11.7. The van der Waals surface area contributed by atoms with E-state index in [1.54, 1.807) is 22.6 Å². The van der Waals surface area contributed by atoms with Crippen molar-refractivity contribution >= 4 is 30.4 Å². The van der Waals surface area contributed by atoms with E-state index in [0.717, 1.165) is 4.57 Å². The largest absolute Gasteiger partial charge is 0.469 e. The zero-order chi connectivity index (χ0) is 15.8. The van der Waals surface area contributed by atoms with E-state index in [4.69, 9.17) is 19.6 Å². The second-order valence-electron chi connectivity index (χ2n) is 4.33. The molecule has 0 unspecified atom stereocenters. The highest BCUT2D eigenvalue weighted by Gasteiger charge is 2.40. The summed E-state index contributed by atoms with van der Waals surface area (Å²) in [6, 6.07) is 0. The lowest BCUT2D eigenvalue weighted by Gasteiger charge is -2.16. The molecule has 0 spiro atoms. The van der Waals surface area contributed by atoms with Crippen LogP contribution in [-0.2, 0) is 13.8 Å². The van der Waals surface area contributed by atoms with Gasteiger partial charge in [0.05, 0.1) is 10.2 Å². The Morgan fingerprint density at radius 3 is 2.76 bits per heavy atom. The van der Waals surface area contributed by atoms with Gasteiger partial charge in [0.15, 0.2) is 0 Å². The molecule has 3 atom stereocenters. The molecule has 0 amide bonds. The molecule has 4 N–H and O–H groups in total. The fourth-order valence-electron chi connectivity index (χ4n) is 2.00. The molecule has 1 aliphatic heterocycles. The predicted octanol–water partition coefficient (Wildman–Crippen LogP) is -1.10. The summed E-state index contributed by atoms with van der Waals surface area (Å²) >= 11 is 1.73. The fraction of sp³-hybridized carbons (Fsp3) is 0.556. The topological polar surface area (TPSA) is 151 Å². The summed E-state index contributed by atoms with van der Waals surface area (Å²) in [5.41, 5.74) is -1.27. The van der Waals surface area contributed by atoms with Gasteiger partial charge < -0.3 is 19.6 Å². The van der Waals surface area contributed by atoms with Crippen molar-refractivity contribution in [2.75, 3.05) is 6.61 Å². The van der Waals surface area contributed by atoms with Crippen molar-refractivity contribution in [3.63, 3.8) is 0 Å². The van der Waals surface area contributed by atoms with Crippen LogP contribution in [0.25, 0.3) is 0 Å². The average Bonchev–Trinajstić information content (AvgIpc) is 2.74.